The van der Waals surface area contributed by atoms with Gasteiger partial charge >= 0.3 is 0 Å². The molecule has 0 aliphatic heterocycles. The Morgan fingerprint density at radius 2 is 2.16 bits per heavy atom. The lowest BCUT2D eigenvalue weighted by Crippen LogP contribution is -2.28. The van der Waals surface area contributed by atoms with Crippen molar-refractivity contribution in [3.63, 3.8) is 0 Å². The number of H-pyrrole nitrogens is 1. The summed E-state index contributed by atoms with van der Waals surface area (Å²) in [5.74, 6) is -0.781. The quantitative estimate of drug-likeness (QED) is 0.788. The van der Waals surface area contributed by atoms with E-state index in [0.717, 1.165) is 5.69 Å². The molecule has 2 aromatic rings. The summed E-state index contributed by atoms with van der Waals surface area (Å²) in [5, 5.41) is 12.4. The lowest BCUT2D eigenvalue weighted by Gasteiger charge is -2.12. The summed E-state index contributed by atoms with van der Waals surface area (Å²) in [7, 11) is 0. The SMILES string of the molecule is Cc1[nH]ccc1C(=O)NCC(O)c1ccccc1F. The van der Waals surface area contributed by atoms with Crippen LogP contribution in [0, 0.1) is 12.7 Å². The number of aromatic nitrogens is 1. The molecule has 0 radical (unpaired) electrons. The molecule has 100 valence electrons. The zero-order chi connectivity index (χ0) is 13.8. The molecule has 0 aliphatic rings. The van der Waals surface area contributed by atoms with Crippen molar-refractivity contribution in [1.82, 2.24) is 10.3 Å². The molecule has 0 saturated carbocycles. The molecule has 1 amide bonds. The number of benzene rings is 1. The van der Waals surface area contributed by atoms with Crippen molar-refractivity contribution < 1.29 is 14.3 Å². The highest BCUT2D eigenvalue weighted by Gasteiger charge is 2.15. The molecule has 1 aromatic heterocycles. The molecular weight excluding hydrogens is 247 g/mol. The van der Waals surface area contributed by atoms with Crippen molar-refractivity contribution in [2.75, 3.05) is 6.54 Å². The van der Waals surface area contributed by atoms with Gasteiger partial charge in [0, 0.05) is 24.0 Å². The Labute approximate surface area is 110 Å². The van der Waals surface area contributed by atoms with Crippen LogP contribution in [0.3, 0.4) is 0 Å². The van der Waals surface area contributed by atoms with Gasteiger partial charge in [0.1, 0.15) is 5.82 Å². The average molecular weight is 262 g/mol. The minimum atomic E-state index is -1.07. The number of aryl methyl sites for hydroxylation is 1. The minimum Gasteiger partial charge on any atom is -0.386 e. The molecule has 0 saturated heterocycles. The number of carbonyl (C=O) groups excluding carboxylic acids is 1. The largest absolute Gasteiger partial charge is 0.386 e. The highest BCUT2D eigenvalue weighted by Crippen LogP contribution is 2.15. The van der Waals surface area contributed by atoms with Gasteiger partial charge in [0.15, 0.2) is 0 Å². The molecule has 5 heteroatoms. The van der Waals surface area contributed by atoms with E-state index in [0.29, 0.717) is 5.56 Å². The molecule has 19 heavy (non-hydrogen) atoms. The molecule has 1 aromatic carbocycles. The summed E-state index contributed by atoms with van der Waals surface area (Å²) in [5.41, 5.74) is 1.44. The molecule has 1 heterocycles. The topological polar surface area (TPSA) is 65.1 Å². The van der Waals surface area contributed by atoms with Crippen molar-refractivity contribution >= 4 is 5.91 Å². The second-order valence-electron chi connectivity index (χ2n) is 4.26. The lowest BCUT2D eigenvalue weighted by molar-refractivity contribution is 0.0913. The van der Waals surface area contributed by atoms with Crippen molar-refractivity contribution in [2.45, 2.75) is 13.0 Å². The number of nitrogens with one attached hydrogen (secondary N) is 2. The van der Waals surface area contributed by atoms with E-state index in [1.807, 2.05) is 0 Å². The summed E-state index contributed by atoms with van der Waals surface area (Å²) in [6.45, 7) is 1.74. The van der Waals surface area contributed by atoms with Crippen LogP contribution in [-0.2, 0) is 0 Å². The Balaban J connectivity index is 1.98. The molecule has 4 nitrogen and oxygen atoms in total. The second kappa shape index (κ2) is 5.67. The number of halogens is 1. The number of aromatic amines is 1. The van der Waals surface area contributed by atoms with Crippen LogP contribution in [0.15, 0.2) is 36.5 Å². The summed E-state index contributed by atoms with van der Waals surface area (Å²) < 4.78 is 13.4. The van der Waals surface area contributed by atoms with Crippen LogP contribution >= 0.6 is 0 Å². The van der Waals surface area contributed by atoms with Gasteiger partial charge in [-0.15, -0.1) is 0 Å². The first-order valence-corrected chi connectivity index (χ1v) is 5.94. The third-order valence-corrected chi connectivity index (χ3v) is 2.92. The van der Waals surface area contributed by atoms with E-state index in [9.17, 15) is 14.3 Å². The fourth-order valence-corrected chi connectivity index (χ4v) is 1.84. The van der Waals surface area contributed by atoms with Gasteiger partial charge in [-0.1, -0.05) is 18.2 Å². The van der Waals surface area contributed by atoms with Crippen molar-refractivity contribution in [1.29, 1.82) is 0 Å². The third kappa shape index (κ3) is 3.00. The maximum atomic E-state index is 13.4. The fourth-order valence-electron chi connectivity index (χ4n) is 1.84. The van der Waals surface area contributed by atoms with Crippen LogP contribution < -0.4 is 5.32 Å². The van der Waals surface area contributed by atoms with E-state index in [1.54, 1.807) is 31.3 Å². The van der Waals surface area contributed by atoms with E-state index in [1.165, 1.54) is 12.1 Å². The first-order valence-electron chi connectivity index (χ1n) is 5.94. The van der Waals surface area contributed by atoms with Gasteiger partial charge < -0.3 is 15.4 Å². The van der Waals surface area contributed by atoms with Crippen LogP contribution in [0.25, 0.3) is 0 Å². The minimum absolute atomic E-state index is 0.0373. The fraction of sp³-hybridized carbons (Fsp3) is 0.214. The zero-order valence-electron chi connectivity index (χ0n) is 10.5. The number of amides is 1. The smallest absolute Gasteiger partial charge is 0.253 e. The third-order valence-electron chi connectivity index (χ3n) is 2.92. The number of rotatable bonds is 4. The van der Waals surface area contributed by atoms with Gasteiger partial charge in [-0.2, -0.15) is 0 Å². The van der Waals surface area contributed by atoms with E-state index in [4.69, 9.17) is 0 Å². The highest BCUT2D eigenvalue weighted by molar-refractivity contribution is 5.95. The van der Waals surface area contributed by atoms with Gasteiger partial charge in [0.2, 0.25) is 0 Å². The van der Waals surface area contributed by atoms with E-state index >= 15 is 0 Å². The summed E-state index contributed by atoms with van der Waals surface area (Å²) >= 11 is 0. The van der Waals surface area contributed by atoms with Crippen molar-refractivity contribution in [3.8, 4) is 0 Å². The van der Waals surface area contributed by atoms with Crippen molar-refractivity contribution in [3.05, 3.63) is 59.2 Å². The van der Waals surface area contributed by atoms with Crippen LogP contribution in [0.2, 0.25) is 0 Å². The molecule has 0 spiro atoms. The van der Waals surface area contributed by atoms with Crippen molar-refractivity contribution in [2.24, 2.45) is 0 Å². The molecule has 0 fully saturated rings. The normalized spacial score (nSPS) is 12.2. The van der Waals surface area contributed by atoms with Crippen LogP contribution in [0.4, 0.5) is 4.39 Å². The van der Waals surface area contributed by atoms with Gasteiger partial charge in [-0.05, 0) is 19.1 Å². The van der Waals surface area contributed by atoms with Gasteiger partial charge in [0.25, 0.3) is 5.91 Å². The molecule has 0 bridgehead atoms. The molecular formula is C14H15FN2O2. The van der Waals surface area contributed by atoms with E-state index in [2.05, 4.69) is 10.3 Å². The molecule has 1 unspecified atom stereocenters. The number of hydrogen-bond acceptors (Lipinski definition) is 2. The first kappa shape index (κ1) is 13.3. The van der Waals surface area contributed by atoms with E-state index < -0.39 is 11.9 Å². The molecule has 1 atom stereocenters. The van der Waals surface area contributed by atoms with Gasteiger partial charge in [-0.25, -0.2) is 4.39 Å². The van der Waals surface area contributed by atoms with Crippen LogP contribution in [0.5, 0.6) is 0 Å². The van der Waals surface area contributed by atoms with Crippen LogP contribution in [0.1, 0.15) is 27.7 Å². The predicted octanol–water partition coefficient (Wildman–Crippen LogP) is 1.93. The summed E-state index contributed by atoms with van der Waals surface area (Å²) in [4.78, 5) is 14.7. The Morgan fingerprint density at radius 3 is 2.79 bits per heavy atom. The lowest BCUT2D eigenvalue weighted by atomic mass is 10.1. The predicted molar refractivity (Wildman–Crippen MR) is 69.2 cm³/mol. The summed E-state index contributed by atoms with van der Waals surface area (Å²) in [6.07, 6.45) is 0.599. The zero-order valence-corrected chi connectivity index (χ0v) is 10.5. The highest BCUT2D eigenvalue weighted by atomic mass is 19.1. The molecule has 0 aliphatic carbocycles. The maximum Gasteiger partial charge on any atom is 0.253 e. The Morgan fingerprint density at radius 1 is 1.42 bits per heavy atom. The number of hydrogen-bond donors (Lipinski definition) is 3. The monoisotopic (exact) mass is 262 g/mol. The Bertz CT molecular complexity index is 580. The van der Waals surface area contributed by atoms with Gasteiger partial charge in [0.05, 0.1) is 11.7 Å². The van der Waals surface area contributed by atoms with Gasteiger partial charge in [-0.3, -0.25) is 4.79 Å². The number of aliphatic hydroxyl groups is 1. The standard InChI is InChI=1S/C14H15FN2O2/c1-9-10(6-7-16-9)14(19)17-8-13(18)11-4-2-3-5-12(11)15/h2-7,13,16,18H,8H2,1H3,(H,17,19). The number of carbonyl (C=O) groups is 1. The Hall–Kier alpha value is -2.14. The summed E-state index contributed by atoms with van der Waals surface area (Å²) in [6, 6.07) is 7.61. The maximum absolute atomic E-state index is 13.4. The second-order valence-corrected chi connectivity index (χ2v) is 4.26. The average Bonchev–Trinajstić information content (AvgIpc) is 2.82. The Kier molecular flexibility index (Phi) is 3.97. The molecule has 2 rings (SSSR count). The number of aliphatic hydroxyl groups excluding tert-OH is 1. The van der Waals surface area contributed by atoms with Crippen LogP contribution in [-0.4, -0.2) is 22.5 Å². The molecule has 3 N–H and O–H groups in total. The van der Waals surface area contributed by atoms with E-state index in [-0.39, 0.29) is 18.0 Å². The first-order chi connectivity index (χ1) is 9.09.